The van der Waals surface area contributed by atoms with E-state index in [1.165, 1.54) is 0 Å². The van der Waals surface area contributed by atoms with Crippen molar-refractivity contribution in [3.8, 4) is 5.88 Å². The highest BCUT2D eigenvalue weighted by atomic mass is 79.9. The lowest BCUT2D eigenvalue weighted by Gasteiger charge is -2.08. The van der Waals surface area contributed by atoms with Crippen molar-refractivity contribution in [3.05, 3.63) is 10.7 Å². The molecule has 0 radical (unpaired) electrons. The van der Waals surface area contributed by atoms with Crippen molar-refractivity contribution < 1.29 is 9.47 Å². The summed E-state index contributed by atoms with van der Waals surface area (Å²) in [4.78, 5) is 8.26. The second-order valence-corrected chi connectivity index (χ2v) is 3.57. The summed E-state index contributed by atoms with van der Waals surface area (Å²) in [5.41, 5.74) is 0. The molecule has 0 saturated carbocycles. The van der Waals surface area contributed by atoms with Gasteiger partial charge < -0.3 is 14.8 Å². The van der Waals surface area contributed by atoms with Gasteiger partial charge in [-0.25, -0.2) is 4.98 Å². The second-order valence-electron chi connectivity index (χ2n) is 2.72. The van der Waals surface area contributed by atoms with Gasteiger partial charge in [0.25, 0.3) is 0 Å². The summed E-state index contributed by atoms with van der Waals surface area (Å²) in [6.45, 7) is 3.76. The predicted molar refractivity (Wildman–Crippen MR) is 61.3 cm³/mol. The molecule has 0 saturated heterocycles. The molecule has 1 rings (SSSR count). The van der Waals surface area contributed by atoms with Crippen LogP contribution in [0.5, 0.6) is 5.88 Å². The molecule has 1 heterocycles. The summed E-state index contributed by atoms with van der Waals surface area (Å²) < 4.78 is 11.0. The van der Waals surface area contributed by atoms with Crippen LogP contribution in [0.2, 0.25) is 0 Å². The maximum absolute atomic E-state index is 5.40. The van der Waals surface area contributed by atoms with Crippen molar-refractivity contribution in [2.45, 2.75) is 6.92 Å². The van der Waals surface area contributed by atoms with Gasteiger partial charge in [-0.15, -0.1) is 0 Å². The maximum atomic E-state index is 5.40. The van der Waals surface area contributed by atoms with E-state index in [1.807, 2.05) is 6.92 Å². The van der Waals surface area contributed by atoms with Crippen molar-refractivity contribution in [3.63, 3.8) is 0 Å². The molecule has 0 unspecified atom stereocenters. The summed E-state index contributed by atoms with van der Waals surface area (Å²) in [5, 5.41) is 3.01. The summed E-state index contributed by atoms with van der Waals surface area (Å²) in [6, 6.07) is 0. The van der Waals surface area contributed by atoms with Gasteiger partial charge in [0.2, 0.25) is 11.8 Å². The third kappa shape index (κ3) is 4.01. The van der Waals surface area contributed by atoms with Crippen LogP contribution in [-0.2, 0) is 4.74 Å². The van der Waals surface area contributed by atoms with E-state index in [-0.39, 0.29) is 0 Å². The number of hydrogen-bond acceptors (Lipinski definition) is 5. The fourth-order valence-electron chi connectivity index (χ4n) is 0.918. The number of rotatable bonds is 6. The molecule has 5 nitrogen and oxygen atoms in total. The van der Waals surface area contributed by atoms with Crippen LogP contribution in [-0.4, -0.2) is 36.8 Å². The zero-order valence-electron chi connectivity index (χ0n) is 8.79. The van der Waals surface area contributed by atoms with Gasteiger partial charge in [0.05, 0.1) is 17.3 Å². The van der Waals surface area contributed by atoms with Gasteiger partial charge in [-0.3, -0.25) is 0 Å². The molecule has 0 aliphatic rings. The molecule has 0 spiro atoms. The molecular formula is C9H14BrN3O2. The van der Waals surface area contributed by atoms with Crippen LogP contribution in [0.3, 0.4) is 0 Å². The molecule has 6 heteroatoms. The fourth-order valence-corrected chi connectivity index (χ4v) is 1.22. The van der Waals surface area contributed by atoms with Crippen LogP contribution in [0.4, 0.5) is 5.95 Å². The lowest BCUT2D eigenvalue weighted by atomic mass is 10.6. The van der Waals surface area contributed by atoms with E-state index >= 15 is 0 Å². The third-order valence-electron chi connectivity index (χ3n) is 1.57. The van der Waals surface area contributed by atoms with E-state index in [0.29, 0.717) is 25.0 Å². The van der Waals surface area contributed by atoms with E-state index in [9.17, 15) is 0 Å². The molecule has 84 valence electrons. The van der Waals surface area contributed by atoms with E-state index in [4.69, 9.17) is 9.47 Å². The Hall–Kier alpha value is -0.880. The Kier molecular flexibility index (Phi) is 5.34. The Morgan fingerprint density at radius 3 is 2.93 bits per heavy atom. The molecule has 15 heavy (non-hydrogen) atoms. The molecule has 1 N–H and O–H groups in total. The molecule has 0 bridgehead atoms. The van der Waals surface area contributed by atoms with E-state index < -0.39 is 0 Å². The van der Waals surface area contributed by atoms with Crippen molar-refractivity contribution in [2.24, 2.45) is 0 Å². The molecule has 0 aromatic carbocycles. The number of nitrogens with zero attached hydrogens (tertiary/aromatic N) is 2. The van der Waals surface area contributed by atoms with Crippen molar-refractivity contribution in [1.82, 2.24) is 9.97 Å². The van der Waals surface area contributed by atoms with Crippen LogP contribution in [0.25, 0.3) is 0 Å². The molecule has 0 atom stereocenters. The lowest BCUT2D eigenvalue weighted by Crippen LogP contribution is -2.08. The van der Waals surface area contributed by atoms with E-state index in [1.54, 1.807) is 13.3 Å². The molecular weight excluding hydrogens is 262 g/mol. The Balaban J connectivity index is 2.63. The van der Waals surface area contributed by atoms with Crippen LogP contribution in [0.15, 0.2) is 10.7 Å². The highest BCUT2D eigenvalue weighted by Gasteiger charge is 2.05. The van der Waals surface area contributed by atoms with Gasteiger partial charge in [-0.05, 0) is 22.9 Å². The van der Waals surface area contributed by atoms with Crippen molar-refractivity contribution in [1.29, 1.82) is 0 Å². The molecule has 0 amide bonds. The average molecular weight is 276 g/mol. The van der Waals surface area contributed by atoms with Crippen molar-refractivity contribution >= 4 is 21.9 Å². The number of anilines is 1. The largest absolute Gasteiger partial charge is 0.474 e. The van der Waals surface area contributed by atoms with Gasteiger partial charge in [-0.2, -0.15) is 4.98 Å². The summed E-state index contributed by atoms with van der Waals surface area (Å²) in [5.74, 6) is 1.09. The first-order chi connectivity index (χ1) is 7.27. The highest BCUT2D eigenvalue weighted by molar-refractivity contribution is 9.10. The van der Waals surface area contributed by atoms with Crippen LogP contribution in [0, 0.1) is 0 Å². The SMILES string of the molecule is CCNc1ncc(Br)c(OCCOC)n1. The first kappa shape index (κ1) is 12.2. The minimum absolute atomic E-state index is 0.470. The highest BCUT2D eigenvalue weighted by Crippen LogP contribution is 2.22. The number of ether oxygens (including phenoxy) is 2. The third-order valence-corrected chi connectivity index (χ3v) is 2.12. The first-order valence-corrected chi connectivity index (χ1v) is 5.45. The van der Waals surface area contributed by atoms with Crippen LogP contribution >= 0.6 is 15.9 Å². The number of halogens is 1. The zero-order valence-corrected chi connectivity index (χ0v) is 10.4. The quantitative estimate of drug-likeness (QED) is 0.801. The summed E-state index contributed by atoms with van der Waals surface area (Å²) in [7, 11) is 1.63. The smallest absolute Gasteiger partial charge is 0.232 e. The molecule has 0 aliphatic heterocycles. The topological polar surface area (TPSA) is 56.3 Å². The minimum atomic E-state index is 0.470. The summed E-state index contributed by atoms with van der Waals surface area (Å²) in [6.07, 6.45) is 1.66. The Morgan fingerprint density at radius 2 is 2.27 bits per heavy atom. The van der Waals surface area contributed by atoms with Gasteiger partial charge in [0, 0.05) is 13.7 Å². The lowest BCUT2D eigenvalue weighted by molar-refractivity contribution is 0.143. The van der Waals surface area contributed by atoms with E-state index in [2.05, 4.69) is 31.2 Å². The average Bonchev–Trinajstić information content (AvgIpc) is 2.23. The predicted octanol–water partition coefficient (Wildman–Crippen LogP) is 1.70. The van der Waals surface area contributed by atoms with Crippen LogP contribution in [0.1, 0.15) is 6.92 Å². The zero-order chi connectivity index (χ0) is 11.1. The number of hydrogen-bond donors (Lipinski definition) is 1. The van der Waals surface area contributed by atoms with Crippen molar-refractivity contribution in [2.75, 3.05) is 32.2 Å². The van der Waals surface area contributed by atoms with Gasteiger partial charge in [0.15, 0.2) is 0 Å². The number of methoxy groups -OCH3 is 1. The Morgan fingerprint density at radius 1 is 1.47 bits per heavy atom. The number of aromatic nitrogens is 2. The Labute approximate surface area is 97.3 Å². The van der Waals surface area contributed by atoms with Gasteiger partial charge in [-0.1, -0.05) is 0 Å². The second kappa shape index (κ2) is 6.58. The fraction of sp³-hybridized carbons (Fsp3) is 0.556. The monoisotopic (exact) mass is 275 g/mol. The number of nitrogens with one attached hydrogen (secondary N) is 1. The molecule has 0 aliphatic carbocycles. The minimum Gasteiger partial charge on any atom is -0.474 e. The van der Waals surface area contributed by atoms with Gasteiger partial charge in [0.1, 0.15) is 6.61 Å². The van der Waals surface area contributed by atoms with Crippen LogP contribution < -0.4 is 10.1 Å². The maximum Gasteiger partial charge on any atom is 0.232 e. The molecule has 1 aromatic rings. The normalized spacial score (nSPS) is 10.1. The molecule has 1 aromatic heterocycles. The van der Waals surface area contributed by atoms with Gasteiger partial charge >= 0.3 is 0 Å². The van der Waals surface area contributed by atoms with E-state index in [0.717, 1.165) is 11.0 Å². The summed E-state index contributed by atoms with van der Waals surface area (Å²) >= 11 is 3.32. The first-order valence-electron chi connectivity index (χ1n) is 4.66. The Bertz CT molecular complexity index is 309. The standard InChI is InChI=1S/C9H14BrN3O2/c1-3-11-9-12-6-7(10)8(13-9)15-5-4-14-2/h6H,3-5H2,1-2H3,(H,11,12,13). The molecule has 0 fully saturated rings.